The Morgan fingerprint density at radius 1 is 0.906 bits per heavy atom. The number of carbonyl (C=O) groups is 1. The summed E-state index contributed by atoms with van der Waals surface area (Å²) in [6.07, 6.45) is 3.18. The number of aromatic nitrogens is 2. The van der Waals surface area contributed by atoms with Crippen LogP contribution in [0.25, 0.3) is 21.8 Å². The summed E-state index contributed by atoms with van der Waals surface area (Å²) in [5.74, 6) is -0.657. The zero-order valence-electron chi connectivity index (χ0n) is 16.6. The van der Waals surface area contributed by atoms with Gasteiger partial charge in [-0.05, 0) is 35.7 Å². The summed E-state index contributed by atoms with van der Waals surface area (Å²) in [6, 6.07) is 20.1. The highest BCUT2D eigenvalue weighted by Crippen LogP contribution is 2.38. The third-order valence-corrected chi connectivity index (χ3v) is 7.00. The second kappa shape index (κ2) is 7.51. The number of hydrogen-bond donors (Lipinski definition) is 2. The van der Waals surface area contributed by atoms with Gasteiger partial charge in [0.2, 0.25) is 9.84 Å². The third-order valence-electron chi connectivity index (χ3n) is 5.17. The monoisotopic (exact) mass is 443 g/mol. The number of benzene rings is 3. The summed E-state index contributed by atoms with van der Waals surface area (Å²) in [5.41, 5.74) is 6.16. The first kappa shape index (κ1) is 19.8. The van der Waals surface area contributed by atoms with Crippen molar-refractivity contribution in [2.75, 3.05) is 0 Å². The van der Waals surface area contributed by atoms with E-state index in [0.717, 1.165) is 10.8 Å². The zero-order valence-corrected chi connectivity index (χ0v) is 17.5. The summed E-state index contributed by atoms with van der Waals surface area (Å²) < 4.78 is 33.4. The van der Waals surface area contributed by atoms with E-state index in [1.165, 1.54) is 30.5 Å². The molecule has 0 atom stereocenters. The van der Waals surface area contributed by atoms with Gasteiger partial charge in [-0.15, -0.1) is 0 Å². The fourth-order valence-electron chi connectivity index (χ4n) is 3.67. The summed E-state index contributed by atoms with van der Waals surface area (Å²) >= 11 is 0. The summed E-state index contributed by atoms with van der Waals surface area (Å²) in [5, 5.41) is 2.13. The van der Waals surface area contributed by atoms with Crippen molar-refractivity contribution in [2.45, 2.75) is 9.79 Å². The standard InChI is InChI=1S/C24H17N3O4S/c25-23(28)19-8-4-10-21(22(19)31-17-13-16-11-12-26-24(16)27-14-17)32(29,30)20-9-3-6-15-5-1-2-7-18(15)20/h1-14H,(H2,25,28)(H,26,27). The Bertz CT molecular complexity index is 1600. The molecule has 0 aliphatic heterocycles. The average Bonchev–Trinajstić information content (AvgIpc) is 3.26. The lowest BCUT2D eigenvalue weighted by molar-refractivity contribution is 0.0997. The maximum atomic E-state index is 13.8. The molecule has 0 aliphatic rings. The Hall–Kier alpha value is -4.17. The molecule has 0 bridgehead atoms. The zero-order chi connectivity index (χ0) is 22.3. The van der Waals surface area contributed by atoms with Gasteiger partial charge in [0.1, 0.15) is 16.3 Å². The van der Waals surface area contributed by atoms with Crippen LogP contribution >= 0.6 is 0 Å². The molecule has 1 amide bonds. The highest BCUT2D eigenvalue weighted by atomic mass is 32.2. The minimum Gasteiger partial charge on any atom is -0.453 e. The van der Waals surface area contributed by atoms with Crippen LogP contribution in [0.2, 0.25) is 0 Å². The number of nitrogens with two attached hydrogens (primary N) is 1. The van der Waals surface area contributed by atoms with Crippen molar-refractivity contribution in [3.63, 3.8) is 0 Å². The van der Waals surface area contributed by atoms with E-state index in [2.05, 4.69) is 9.97 Å². The summed E-state index contributed by atoms with van der Waals surface area (Å²) in [7, 11) is -4.06. The highest BCUT2D eigenvalue weighted by molar-refractivity contribution is 7.91. The van der Waals surface area contributed by atoms with E-state index in [4.69, 9.17) is 10.5 Å². The van der Waals surface area contributed by atoms with E-state index in [1.54, 1.807) is 30.5 Å². The van der Waals surface area contributed by atoms with Crippen molar-refractivity contribution in [1.29, 1.82) is 0 Å². The van der Waals surface area contributed by atoms with E-state index in [-0.39, 0.29) is 26.9 Å². The number of hydrogen-bond acceptors (Lipinski definition) is 5. The minimum atomic E-state index is -4.06. The van der Waals surface area contributed by atoms with Crippen LogP contribution < -0.4 is 10.5 Å². The number of H-pyrrole nitrogens is 1. The van der Waals surface area contributed by atoms with Crippen molar-refractivity contribution in [2.24, 2.45) is 5.73 Å². The predicted octanol–water partition coefficient (Wildman–Crippen LogP) is 4.44. The molecule has 0 fully saturated rings. The van der Waals surface area contributed by atoms with Gasteiger partial charge in [0, 0.05) is 17.0 Å². The molecule has 2 heterocycles. The molecule has 5 aromatic rings. The molecule has 0 unspecified atom stereocenters. The molecule has 3 N–H and O–H groups in total. The second-order valence-corrected chi connectivity index (χ2v) is 9.05. The fraction of sp³-hybridized carbons (Fsp3) is 0. The van der Waals surface area contributed by atoms with Crippen LogP contribution in [0.1, 0.15) is 10.4 Å². The van der Waals surface area contributed by atoms with E-state index < -0.39 is 15.7 Å². The number of ether oxygens (including phenoxy) is 1. The topological polar surface area (TPSA) is 115 Å². The first-order chi connectivity index (χ1) is 15.4. The van der Waals surface area contributed by atoms with E-state index in [1.807, 2.05) is 24.3 Å². The van der Waals surface area contributed by atoms with Crippen molar-refractivity contribution >= 4 is 37.6 Å². The number of para-hydroxylation sites is 1. The molecule has 8 heteroatoms. The average molecular weight is 443 g/mol. The van der Waals surface area contributed by atoms with Crippen molar-refractivity contribution in [3.05, 3.63) is 90.8 Å². The molecule has 5 rings (SSSR count). The van der Waals surface area contributed by atoms with Crippen LogP contribution in [0, 0.1) is 0 Å². The smallest absolute Gasteiger partial charge is 0.252 e. The minimum absolute atomic E-state index is 0.0412. The number of nitrogens with one attached hydrogen (secondary N) is 1. The summed E-state index contributed by atoms with van der Waals surface area (Å²) in [6.45, 7) is 0. The van der Waals surface area contributed by atoms with Crippen LogP contribution in [0.3, 0.4) is 0 Å². The fourth-order valence-corrected chi connectivity index (χ4v) is 5.29. The van der Waals surface area contributed by atoms with Crippen LogP contribution in [-0.2, 0) is 9.84 Å². The van der Waals surface area contributed by atoms with Gasteiger partial charge in [-0.1, -0.05) is 42.5 Å². The normalized spacial score (nSPS) is 11.6. The van der Waals surface area contributed by atoms with Gasteiger partial charge in [0.25, 0.3) is 5.91 Å². The predicted molar refractivity (Wildman–Crippen MR) is 121 cm³/mol. The number of pyridine rings is 1. The van der Waals surface area contributed by atoms with Gasteiger partial charge in [-0.2, -0.15) is 0 Å². The maximum absolute atomic E-state index is 13.8. The van der Waals surface area contributed by atoms with Gasteiger partial charge in [-0.25, -0.2) is 13.4 Å². The molecule has 0 saturated heterocycles. The molecule has 0 radical (unpaired) electrons. The quantitative estimate of drug-likeness (QED) is 0.417. The van der Waals surface area contributed by atoms with Crippen molar-refractivity contribution in [1.82, 2.24) is 9.97 Å². The molecule has 158 valence electrons. The van der Waals surface area contributed by atoms with Crippen LogP contribution in [0.4, 0.5) is 0 Å². The maximum Gasteiger partial charge on any atom is 0.252 e. The van der Waals surface area contributed by atoms with E-state index in [9.17, 15) is 13.2 Å². The largest absolute Gasteiger partial charge is 0.453 e. The van der Waals surface area contributed by atoms with Crippen molar-refractivity contribution < 1.29 is 17.9 Å². The molecule has 32 heavy (non-hydrogen) atoms. The number of amides is 1. The Morgan fingerprint density at radius 2 is 1.66 bits per heavy atom. The lowest BCUT2D eigenvalue weighted by Gasteiger charge is -2.15. The first-order valence-corrected chi connectivity index (χ1v) is 11.2. The van der Waals surface area contributed by atoms with Crippen LogP contribution in [-0.4, -0.2) is 24.3 Å². The Morgan fingerprint density at radius 3 is 2.50 bits per heavy atom. The Balaban J connectivity index is 1.71. The third kappa shape index (κ3) is 3.27. The Labute approximate surface area is 183 Å². The van der Waals surface area contributed by atoms with Gasteiger partial charge in [0.15, 0.2) is 5.75 Å². The molecule has 7 nitrogen and oxygen atoms in total. The molecule has 2 aromatic heterocycles. The first-order valence-electron chi connectivity index (χ1n) is 9.72. The van der Waals surface area contributed by atoms with Gasteiger partial charge in [-0.3, -0.25) is 4.79 Å². The SMILES string of the molecule is NC(=O)c1cccc(S(=O)(=O)c2cccc3ccccc23)c1Oc1cnc2[nH]ccc2c1. The van der Waals surface area contributed by atoms with Gasteiger partial charge in [0.05, 0.1) is 16.7 Å². The molecule has 0 aliphatic carbocycles. The number of sulfone groups is 1. The highest BCUT2D eigenvalue weighted by Gasteiger charge is 2.28. The number of primary amides is 1. The molecule has 3 aromatic carbocycles. The lowest BCUT2D eigenvalue weighted by atomic mass is 10.1. The molecular weight excluding hydrogens is 426 g/mol. The summed E-state index contributed by atoms with van der Waals surface area (Å²) in [4.78, 5) is 19.3. The molecule has 0 saturated carbocycles. The van der Waals surface area contributed by atoms with E-state index >= 15 is 0 Å². The second-order valence-electron chi connectivity index (χ2n) is 7.17. The van der Waals surface area contributed by atoms with Crippen molar-refractivity contribution in [3.8, 4) is 11.5 Å². The number of nitrogens with zero attached hydrogens (tertiary/aromatic N) is 1. The van der Waals surface area contributed by atoms with Gasteiger partial charge >= 0.3 is 0 Å². The van der Waals surface area contributed by atoms with Crippen LogP contribution in [0.5, 0.6) is 11.5 Å². The Kier molecular flexibility index (Phi) is 4.64. The number of carbonyl (C=O) groups excluding carboxylic acids is 1. The number of rotatable bonds is 5. The molecule has 0 spiro atoms. The van der Waals surface area contributed by atoms with Crippen LogP contribution in [0.15, 0.2) is 95.0 Å². The lowest BCUT2D eigenvalue weighted by Crippen LogP contribution is -2.15. The number of aromatic amines is 1. The molecular formula is C24H17N3O4S. The van der Waals surface area contributed by atoms with E-state index in [0.29, 0.717) is 11.0 Å². The van der Waals surface area contributed by atoms with Gasteiger partial charge < -0.3 is 15.5 Å². The number of fused-ring (bicyclic) bond motifs is 2.